The fourth-order valence-corrected chi connectivity index (χ4v) is 2.51. The van der Waals surface area contributed by atoms with Crippen molar-refractivity contribution in [3.8, 4) is 5.75 Å². The number of guanidine groups is 1. The van der Waals surface area contributed by atoms with Crippen molar-refractivity contribution in [2.45, 2.75) is 13.0 Å². The lowest BCUT2D eigenvalue weighted by Crippen LogP contribution is -2.39. The Morgan fingerprint density at radius 1 is 1.15 bits per heavy atom. The maximum absolute atomic E-state index is 13.6. The van der Waals surface area contributed by atoms with Gasteiger partial charge >= 0.3 is 0 Å². The molecule has 2 aromatic rings. The van der Waals surface area contributed by atoms with E-state index in [1.807, 2.05) is 36.2 Å². The summed E-state index contributed by atoms with van der Waals surface area (Å²) in [5.74, 6) is 0.667. The average molecular weight is 475 g/mol. The SMILES string of the molecule is CN=C(NCCc1cc(F)ccc1F)N(C)Cc1ccc(OC)cc1.I. The van der Waals surface area contributed by atoms with E-state index in [1.54, 1.807) is 14.2 Å². The molecular formula is C19H24F2IN3O. The maximum atomic E-state index is 13.6. The zero-order chi connectivity index (χ0) is 18.2. The van der Waals surface area contributed by atoms with Crippen LogP contribution >= 0.6 is 24.0 Å². The second-order valence-electron chi connectivity index (χ2n) is 5.66. The first-order chi connectivity index (χ1) is 12.0. The number of rotatable bonds is 6. The van der Waals surface area contributed by atoms with E-state index in [2.05, 4.69) is 10.3 Å². The molecule has 0 saturated heterocycles. The van der Waals surface area contributed by atoms with E-state index in [1.165, 1.54) is 6.07 Å². The van der Waals surface area contributed by atoms with Crippen molar-refractivity contribution in [2.24, 2.45) is 4.99 Å². The van der Waals surface area contributed by atoms with Gasteiger partial charge in [0.25, 0.3) is 0 Å². The van der Waals surface area contributed by atoms with E-state index >= 15 is 0 Å². The molecule has 142 valence electrons. The number of halogens is 3. The Kier molecular flexibility index (Phi) is 9.32. The van der Waals surface area contributed by atoms with E-state index in [-0.39, 0.29) is 24.0 Å². The summed E-state index contributed by atoms with van der Waals surface area (Å²) < 4.78 is 32.0. The molecule has 0 radical (unpaired) electrons. The van der Waals surface area contributed by atoms with E-state index in [0.717, 1.165) is 23.4 Å². The molecule has 26 heavy (non-hydrogen) atoms. The van der Waals surface area contributed by atoms with Crippen molar-refractivity contribution in [1.29, 1.82) is 0 Å². The van der Waals surface area contributed by atoms with Crippen LogP contribution < -0.4 is 10.1 Å². The number of nitrogens with one attached hydrogen (secondary N) is 1. The van der Waals surface area contributed by atoms with Gasteiger partial charge in [-0.05, 0) is 47.9 Å². The van der Waals surface area contributed by atoms with Gasteiger partial charge in [0, 0.05) is 27.2 Å². The van der Waals surface area contributed by atoms with Crippen LogP contribution in [0.15, 0.2) is 47.5 Å². The molecule has 0 aliphatic carbocycles. The van der Waals surface area contributed by atoms with Crippen molar-refractivity contribution in [3.05, 3.63) is 65.2 Å². The van der Waals surface area contributed by atoms with Gasteiger partial charge in [0.2, 0.25) is 0 Å². The Bertz CT molecular complexity index is 723. The lowest BCUT2D eigenvalue weighted by molar-refractivity contribution is 0.414. The third-order valence-electron chi connectivity index (χ3n) is 3.84. The highest BCUT2D eigenvalue weighted by Crippen LogP contribution is 2.13. The first kappa shape index (κ1) is 22.1. The summed E-state index contributed by atoms with van der Waals surface area (Å²) in [6, 6.07) is 11.3. The van der Waals surface area contributed by atoms with Crippen LogP contribution in [-0.2, 0) is 13.0 Å². The fraction of sp³-hybridized carbons (Fsp3) is 0.316. The Hall–Kier alpha value is -1.90. The molecule has 2 rings (SSSR count). The zero-order valence-electron chi connectivity index (χ0n) is 15.1. The van der Waals surface area contributed by atoms with Crippen LogP contribution in [0.3, 0.4) is 0 Å². The largest absolute Gasteiger partial charge is 0.497 e. The molecule has 0 aliphatic heterocycles. The normalized spacial score (nSPS) is 10.9. The second kappa shape index (κ2) is 10.9. The van der Waals surface area contributed by atoms with Gasteiger partial charge in [-0.3, -0.25) is 4.99 Å². The molecule has 4 nitrogen and oxygen atoms in total. The van der Waals surface area contributed by atoms with Crippen molar-refractivity contribution < 1.29 is 13.5 Å². The Morgan fingerprint density at radius 2 is 1.85 bits per heavy atom. The van der Waals surface area contributed by atoms with Gasteiger partial charge < -0.3 is 15.0 Å². The van der Waals surface area contributed by atoms with Crippen LogP contribution in [0.1, 0.15) is 11.1 Å². The molecule has 2 aromatic carbocycles. The standard InChI is InChI=1S/C19H23F2N3O.HI/c1-22-19(23-11-10-15-12-16(20)6-9-18(15)21)24(2)13-14-4-7-17(25-3)8-5-14;/h4-9,12H,10-11,13H2,1-3H3,(H,22,23);1H. The Balaban J connectivity index is 0.00000338. The molecule has 0 bridgehead atoms. The number of nitrogens with zero attached hydrogens (tertiary/aromatic N) is 2. The number of benzene rings is 2. The number of aliphatic imine (C=N–C) groups is 1. The Morgan fingerprint density at radius 3 is 2.46 bits per heavy atom. The van der Waals surface area contributed by atoms with Crippen LogP contribution in [0.4, 0.5) is 8.78 Å². The zero-order valence-corrected chi connectivity index (χ0v) is 17.5. The molecule has 0 unspecified atom stereocenters. The monoisotopic (exact) mass is 475 g/mol. The number of hydrogen-bond donors (Lipinski definition) is 1. The lowest BCUT2D eigenvalue weighted by atomic mass is 10.1. The molecule has 0 spiro atoms. The van der Waals surface area contributed by atoms with Gasteiger partial charge in [-0.15, -0.1) is 24.0 Å². The molecule has 1 N–H and O–H groups in total. The van der Waals surface area contributed by atoms with Crippen molar-refractivity contribution in [1.82, 2.24) is 10.2 Å². The second-order valence-corrected chi connectivity index (χ2v) is 5.66. The van der Waals surface area contributed by atoms with E-state index in [9.17, 15) is 8.78 Å². The smallest absolute Gasteiger partial charge is 0.193 e. The summed E-state index contributed by atoms with van der Waals surface area (Å²) in [6.07, 6.45) is 0.374. The average Bonchev–Trinajstić information content (AvgIpc) is 2.62. The molecule has 0 aliphatic rings. The van der Waals surface area contributed by atoms with Crippen molar-refractivity contribution >= 4 is 29.9 Å². The highest BCUT2D eigenvalue weighted by molar-refractivity contribution is 14.0. The highest BCUT2D eigenvalue weighted by Gasteiger charge is 2.08. The van der Waals surface area contributed by atoms with E-state index < -0.39 is 11.6 Å². The summed E-state index contributed by atoms with van der Waals surface area (Å²) in [5.41, 5.74) is 1.46. The van der Waals surface area contributed by atoms with Gasteiger partial charge in [-0.2, -0.15) is 0 Å². The van der Waals surface area contributed by atoms with Crippen LogP contribution in [0.2, 0.25) is 0 Å². The summed E-state index contributed by atoms with van der Waals surface area (Å²) in [4.78, 5) is 6.19. The van der Waals surface area contributed by atoms with E-state index in [0.29, 0.717) is 31.0 Å². The minimum atomic E-state index is -0.433. The molecule has 7 heteroatoms. The topological polar surface area (TPSA) is 36.9 Å². The molecule has 0 amide bonds. The summed E-state index contributed by atoms with van der Waals surface area (Å²) in [7, 11) is 5.24. The van der Waals surface area contributed by atoms with Crippen LogP contribution in [-0.4, -0.2) is 38.6 Å². The van der Waals surface area contributed by atoms with Gasteiger partial charge in [0.1, 0.15) is 17.4 Å². The third kappa shape index (κ3) is 6.44. The minimum Gasteiger partial charge on any atom is -0.497 e. The van der Waals surface area contributed by atoms with Gasteiger partial charge in [0.05, 0.1) is 7.11 Å². The van der Waals surface area contributed by atoms with Crippen molar-refractivity contribution in [2.75, 3.05) is 27.7 Å². The molecule has 0 fully saturated rings. The number of methoxy groups -OCH3 is 1. The van der Waals surface area contributed by atoms with Gasteiger partial charge in [-0.25, -0.2) is 8.78 Å². The molecule has 0 atom stereocenters. The first-order valence-corrected chi connectivity index (χ1v) is 8.02. The molecule has 0 saturated carbocycles. The summed E-state index contributed by atoms with van der Waals surface area (Å²) >= 11 is 0. The summed E-state index contributed by atoms with van der Waals surface area (Å²) in [6.45, 7) is 1.12. The van der Waals surface area contributed by atoms with E-state index in [4.69, 9.17) is 4.74 Å². The predicted molar refractivity (Wildman–Crippen MR) is 111 cm³/mol. The number of hydrogen-bond acceptors (Lipinski definition) is 2. The minimum absolute atomic E-state index is 0. The quantitative estimate of drug-likeness (QED) is 0.392. The van der Waals surface area contributed by atoms with Gasteiger partial charge in [-0.1, -0.05) is 12.1 Å². The van der Waals surface area contributed by atoms with Crippen molar-refractivity contribution in [3.63, 3.8) is 0 Å². The third-order valence-corrected chi connectivity index (χ3v) is 3.84. The molecule has 0 heterocycles. The molecule has 0 aromatic heterocycles. The van der Waals surface area contributed by atoms with Crippen LogP contribution in [0, 0.1) is 11.6 Å². The van der Waals surface area contributed by atoms with Crippen LogP contribution in [0.5, 0.6) is 5.75 Å². The lowest BCUT2D eigenvalue weighted by Gasteiger charge is -2.22. The Labute approximate surface area is 170 Å². The number of ether oxygens (including phenoxy) is 1. The summed E-state index contributed by atoms with van der Waals surface area (Å²) in [5, 5.41) is 3.17. The first-order valence-electron chi connectivity index (χ1n) is 8.02. The maximum Gasteiger partial charge on any atom is 0.193 e. The predicted octanol–water partition coefficient (Wildman–Crippen LogP) is 3.84. The fourth-order valence-electron chi connectivity index (χ4n) is 2.51. The van der Waals surface area contributed by atoms with Gasteiger partial charge in [0.15, 0.2) is 5.96 Å². The highest BCUT2D eigenvalue weighted by atomic mass is 127. The molecular weight excluding hydrogens is 451 g/mol. The van der Waals surface area contributed by atoms with Crippen LogP contribution in [0.25, 0.3) is 0 Å².